The van der Waals surface area contributed by atoms with E-state index in [0.717, 1.165) is 25.9 Å². The second-order valence-electron chi connectivity index (χ2n) is 4.76. The molecule has 1 aromatic carbocycles. The number of fused-ring (bicyclic) bond motifs is 1. The van der Waals surface area contributed by atoms with Crippen molar-refractivity contribution in [1.29, 1.82) is 0 Å². The maximum absolute atomic E-state index is 12.1. The number of hydrogen-bond acceptors (Lipinski definition) is 4. The Hall–Kier alpha value is -2.08. The molecule has 0 radical (unpaired) electrons. The first kappa shape index (κ1) is 12.0. The van der Waals surface area contributed by atoms with E-state index in [9.17, 15) is 9.59 Å². The zero-order valence-electron chi connectivity index (χ0n) is 10.4. The SMILES string of the molecule is O=C(Nc1ccc2oc(=O)[nH]c2c1)C1CCCNC1. The van der Waals surface area contributed by atoms with E-state index in [4.69, 9.17) is 4.42 Å². The molecule has 1 aliphatic rings. The monoisotopic (exact) mass is 261 g/mol. The van der Waals surface area contributed by atoms with Crippen molar-refractivity contribution in [3.63, 3.8) is 0 Å². The number of aromatic amines is 1. The fourth-order valence-corrected chi connectivity index (χ4v) is 2.35. The van der Waals surface area contributed by atoms with E-state index in [1.165, 1.54) is 0 Å². The number of H-pyrrole nitrogens is 1. The van der Waals surface area contributed by atoms with E-state index in [1.54, 1.807) is 18.2 Å². The van der Waals surface area contributed by atoms with Crippen LogP contribution >= 0.6 is 0 Å². The molecule has 3 N–H and O–H groups in total. The third kappa shape index (κ3) is 2.53. The van der Waals surface area contributed by atoms with Gasteiger partial charge in [0.2, 0.25) is 5.91 Å². The summed E-state index contributed by atoms with van der Waals surface area (Å²) in [5.74, 6) is -0.472. The van der Waals surface area contributed by atoms with Gasteiger partial charge in [0.05, 0.1) is 11.4 Å². The predicted molar refractivity (Wildman–Crippen MR) is 71.1 cm³/mol. The van der Waals surface area contributed by atoms with Gasteiger partial charge in [-0.1, -0.05) is 0 Å². The molecule has 2 heterocycles. The van der Waals surface area contributed by atoms with Gasteiger partial charge in [0, 0.05) is 12.2 Å². The van der Waals surface area contributed by atoms with Crippen molar-refractivity contribution in [2.75, 3.05) is 18.4 Å². The number of aromatic nitrogens is 1. The van der Waals surface area contributed by atoms with Gasteiger partial charge in [0.1, 0.15) is 0 Å². The fraction of sp³-hybridized carbons (Fsp3) is 0.385. The van der Waals surface area contributed by atoms with Crippen LogP contribution in [0.4, 0.5) is 5.69 Å². The summed E-state index contributed by atoms with van der Waals surface area (Å²) < 4.78 is 4.91. The molecule has 2 aromatic rings. The molecule has 6 nitrogen and oxygen atoms in total. The molecule has 0 aliphatic carbocycles. The lowest BCUT2D eigenvalue weighted by Crippen LogP contribution is -2.37. The highest BCUT2D eigenvalue weighted by Crippen LogP contribution is 2.18. The summed E-state index contributed by atoms with van der Waals surface area (Å²) in [5, 5.41) is 6.08. The Labute approximate surface area is 109 Å². The summed E-state index contributed by atoms with van der Waals surface area (Å²) in [6.45, 7) is 1.70. The second-order valence-corrected chi connectivity index (χ2v) is 4.76. The smallest absolute Gasteiger partial charge is 0.408 e. The van der Waals surface area contributed by atoms with Crippen molar-refractivity contribution >= 4 is 22.7 Å². The highest BCUT2D eigenvalue weighted by Gasteiger charge is 2.20. The molecule has 1 amide bonds. The summed E-state index contributed by atoms with van der Waals surface area (Å²) >= 11 is 0. The molecule has 1 unspecified atom stereocenters. The lowest BCUT2D eigenvalue weighted by Gasteiger charge is -2.21. The van der Waals surface area contributed by atoms with E-state index < -0.39 is 5.76 Å². The molecule has 6 heteroatoms. The normalized spacial score (nSPS) is 19.5. The number of benzene rings is 1. The maximum Gasteiger partial charge on any atom is 0.417 e. The van der Waals surface area contributed by atoms with Crippen LogP contribution in [0.25, 0.3) is 11.1 Å². The molecule has 1 aliphatic heterocycles. The summed E-state index contributed by atoms with van der Waals surface area (Å²) in [4.78, 5) is 25.7. The topological polar surface area (TPSA) is 87.1 Å². The minimum Gasteiger partial charge on any atom is -0.408 e. The first-order valence-corrected chi connectivity index (χ1v) is 6.37. The second kappa shape index (κ2) is 4.89. The van der Waals surface area contributed by atoms with Crippen molar-refractivity contribution < 1.29 is 9.21 Å². The number of piperidine rings is 1. The fourth-order valence-electron chi connectivity index (χ4n) is 2.35. The number of hydrogen-bond donors (Lipinski definition) is 3. The van der Waals surface area contributed by atoms with E-state index in [1.807, 2.05) is 0 Å². The van der Waals surface area contributed by atoms with Crippen LogP contribution in [0.2, 0.25) is 0 Å². The van der Waals surface area contributed by atoms with Gasteiger partial charge in [-0.25, -0.2) is 4.79 Å². The first-order chi connectivity index (χ1) is 9.22. The minimum absolute atomic E-state index is 0.00726. The van der Waals surface area contributed by atoms with Crippen molar-refractivity contribution in [3.8, 4) is 0 Å². The van der Waals surface area contributed by atoms with Gasteiger partial charge in [-0.15, -0.1) is 0 Å². The molecule has 100 valence electrons. The average molecular weight is 261 g/mol. The number of carbonyl (C=O) groups is 1. The van der Waals surface area contributed by atoms with Gasteiger partial charge in [-0.05, 0) is 37.6 Å². The van der Waals surface area contributed by atoms with Crippen LogP contribution in [-0.4, -0.2) is 24.0 Å². The molecule has 3 rings (SSSR count). The number of oxazole rings is 1. The number of rotatable bonds is 2. The van der Waals surface area contributed by atoms with Gasteiger partial charge >= 0.3 is 5.76 Å². The van der Waals surface area contributed by atoms with Crippen LogP contribution in [-0.2, 0) is 4.79 Å². The summed E-state index contributed by atoms with van der Waals surface area (Å²) in [6.07, 6.45) is 1.93. The maximum atomic E-state index is 12.1. The Morgan fingerprint density at radius 3 is 3.11 bits per heavy atom. The lowest BCUT2D eigenvalue weighted by molar-refractivity contribution is -0.120. The van der Waals surface area contributed by atoms with Crippen molar-refractivity contribution in [1.82, 2.24) is 10.3 Å². The first-order valence-electron chi connectivity index (χ1n) is 6.37. The third-order valence-corrected chi connectivity index (χ3v) is 3.35. The standard InChI is InChI=1S/C13H15N3O3/c17-12(8-2-1-5-14-7-8)15-9-3-4-11-10(6-9)16-13(18)19-11/h3-4,6,8,14H,1-2,5,7H2,(H,15,17)(H,16,18). The average Bonchev–Trinajstić information content (AvgIpc) is 2.79. The molecule has 1 aromatic heterocycles. The largest absolute Gasteiger partial charge is 0.417 e. The van der Waals surface area contributed by atoms with Crippen molar-refractivity contribution in [3.05, 3.63) is 28.7 Å². The molecule has 0 bridgehead atoms. The summed E-state index contributed by atoms with van der Waals surface area (Å²) in [7, 11) is 0. The van der Waals surface area contributed by atoms with Crippen LogP contribution in [0.5, 0.6) is 0 Å². The minimum atomic E-state index is -0.491. The highest BCUT2D eigenvalue weighted by atomic mass is 16.4. The number of anilines is 1. The zero-order chi connectivity index (χ0) is 13.2. The number of nitrogens with one attached hydrogen (secondary N) is 3. The van der Waals surface area contributed by atoms with Crippen LogP contribution in [0.15, 0.2) is 27.4 Å². The molecule has 0 spiro atoms. The molecule has 1 fully saturated rings. The van der Waals surface area contributed by atoms with E-state index in [0.29, 0.717) is 16.8 Å². The number of carbonyl (C=O) groups excluding carboxylic acids is 1. The van der Waals surface area contributed by atoms with E-state index >= 15 is 0 Å². The van der Waals surface area contributed by atoms with Crippen molar-refractivity contribution in [2.45, 2.75) is 12.8 Å². The molecule has 19 heavy (non-hydrogen) atoms. The van der Waals surface area contributed by atoms with Crippen LogP contribution in [0.1, 0.15) is 12.8 Å². The zero-order valence-corrected chi connectivity index (χ0v) is 10.4. The molecule has 1 atom stereocenters. The van der Waals surface area contributed by atoms with Crippen LogP contribution < -0.4 is 16.4 Å². The Kier molecular flexibility index (Phi) is 3.08. The Bertz CT molecular complexity index is 652. The van der Waals surface area contributed by atoms with Gasteiger partial charge in [0.15, 0.2) is 5.58 Å². The lowest BCUT2D eigenvalue weighted by atomic mass is 9.99. The Morgan fingerprint density at radius 1 is 1.42 bits per heavy atom. The molecule has 0 saturated carbocycles. The molecular weight excluding hydrogens is 246 g/mol. The molecule has 1 saturated heterocycles. The highest BCUT2D eigenvalue weighted by molar-refractivity contribution is 5.94. The quantitative estimate of drug-likeness (QED) is 0.754. The van der Waals surface area contributed by atoms with Crippen molar-refractivity contribution in [2.24, 2.45) is 5.92 Å². The number of amides is 1. The summed E-state index contributed by atoms with van der Waals surface area (Å²) in [6, 6.07) is 5.10. The summed E-state index contributed by atoms with van der Waals surface area (Å²) in [5.41, 5.74) is 1.74. The third-order valence-electron chi connectivity index (χ3n) is 3.35. The van der Waals surface area contributed by atoms with Gasteiger partial charge in [-0.3, -0.25) is 9.78 Å². The predicted octanol–water partition coefficient (Wildman–Crippen LogP) is 1.06. The Morgan fingerprint density at radius 2 is 2.32 bits per heavy atom. The Balaban J connectivity index is 1.76. The van der Waals surface area contributed by atoms with Crippen LogP contribution in [0.3, 0.4) is 0 Å². The van der Waals surface area contributed by atoms with E-state index in [-0.39, 0.29) is 11.8 Å². The van der Waals surface area contributed by atoms with Crippen LogP contribution in [0, 0.1) is 5.92 Å². The van der Waals surface area contributed by atoms with E-state index in [2.05, 4.69) is 15.6 Å². The molecular formula is C13H15N3O3. The van der Waals surface area contributed by atoms with Gasteiger partial charge in [-0.2, -0.15) is 0 Å². The van der Waals surface area contributed by atoms with Gasteiger partial charge < -0.3 is 15.1 Å². The van der Waals surface area contributed by atoms with Gasteiger partial charge in [0.25, 0.3) is 0 Å².